The Morgan fingerprint density at radius 2 is 1.53 bits per heavy atom. The van der Waals surface area contributed by atoms with E-state index in [0.29, 0.717) is 40.6 Å². The van der Waals surface area contributed by atoms with E-state index < -0.39 is 0 Å². The quantitative estimate of drug-likeness (QED) is 0.391. The van der Waals surface area contributed by atoms with Crippen LogP contribution in [-0.4, -0.2) is 16.1 Å². The third kappa shape index (κ3) is 3.52. The smallest absolute Gasteiger partial charge is 0.163 e. The first-order valence-corrected chi connectivity index (χ1v) is 12.5. The molecule has 3 aromatic rings. The van der Waals surface area contributed by atoms with Crippen LogP contribution in [0, 0.1) is 0 Å². The molecular weight excluding hydrogens is 469 g/mol. The number of nitrogens with zero attached hydrogens (tertiary/aromatic N) is 1. The molecular formula is C28H23Cl2NO3. The Kier molecular flexibility index (Phi) is 5.39. The average Bonchev–Trinajstić information content (AvgIpc) is 3.19. The Balaban J connectivity index is 1.54. The molecule has 6 heteroatoms. The molecule has 0 bridgehead atoms. The number of fused-ring (bicyclic) bond motifs is 1. The number of carbonyl (C=O) groups excluding carboxylic acids is 2. The minimum absolute atomic E-state index is 0.0949. The molecule has 2 heterocycles. The zero-order valence-corrected chi connectivity index (χ0v) is 20.1. The lowest BCUT2D eigenvalue weighted by molar-refractivity contribution is -0.117. The van der Waals surface area contributed by atoms with Crippen molar-refractivity contribution < 1.29 is 14.3 Å². The second kappa shape index (κ2) is 8.44. The van der Waals surface area contributed by atoms with E-state index in [1.165, 1.54) is 0 Å². The minimum Gasteiger partial charge on any atom is -0.465 e. The Hall–Kier alpha value is -2.82. The van der Waals surface area contributed by atoms with Crippen LogP contribution in [0.5, 0.6) is 0 Å². The van der Waals surface area contributed by atoms with Gasteiger partial charge in [-0.2, -0.15) is 0 Å². The van der Waals surface area contributed by atoms with Crippen LogP contribution >= 0.6 is 23.2 Å². The van der Waals surface area contributed by atoms with Crippen LogP contribution in [0.3, 0.4) is 0 Å². The lowest BCUT2D eigenvalue weighted by Crippen LogP contribution is -2.30. The SMILES string of the molecule is O=C1CCCC2=C1C(c1cn(Cc3ccc(Cl)c(Cl)c3)c3ccccc13)C1=C(CCCC1=O)O2. The van der Waals surface area contributed by atoms with Gasteiger partial charge in [0.05, 0.1) is 10.0 Å². The molecule has 0 N–H and O–H groups in total. The lowest BCUT2D eigenvalue weighted by atomic mass is 9.73. The van der Waals surface area contributed by atoms with Crippen molar-refractivity contribution >= 4 is 45.7 Å². The zero-order chi connectivity index (χ0) is 23.4. The molecule has 1 aromatic heterocycles. The number of aromatic nitrogens is 1. The van der Waals surface area contributed by atoms with Gasteiger partial charge in [-0.15, -0.1) is 0 Å². The summed E-state index contributed by atoms with van der Waals surface area (Å²) < 4.78 is 8.38. The molecule has 4 nitrogen and oxygen atoms in total. The molecule has 2 aromatic carbocycles. The molecule has 0 fully saturated rings. The third-order valence-corrected chi connectivity index (χ3v) is 7.85. The average molecular weight is 492 g/mol. The molecule has 34 heavy (non-hydrogen) atoms. The van der Waals surface area contributed by atoms with E-state index in [9.17, 15) is 9.59 Å². The van der Waals surface area contributed by atoms with E-state index in [4.69, 9.17) is 27.9 Å². The number of rotatable bonds is 3. The van der Waals surface area contributed by atoms with Crippen molar-refractivity contribution in [2.45, 2.75) is 51.0 Å². The Morgan fingerprint density at radius 3 is 2.21 bits per heavy atom. The Morgan fingerprint density at radius 1 is 0.853 bits per heavy atom. The lowest BCUT2D eigenvalue weighted by Gasteiger charge is -2.35. The van der Waals surface area contributed by atoms with Crippen molar-refractivity contribution in [2.24, 2.45) is 0 Å². The molecule has 0 saturated carbocycles. The first kappa shape index (κ1) is 21.7. The van der Waals surface area contributed by atoms with Crippen LogP contribution in [0.25, 0.3) is 10.9 Å². The van der Waals surface area contributed by atoms with Gasteiger partial charge in [0, 0.05) is 66.4 Å². The molecule has 3 aliphatic rings. The van der Waals surface area contributed by atoms with E-state index in [0.717, 1.165) is 59.2 Å². The zero-order valence-electron chi connectivity index (χ0n) is 18.6. The fourth-order valence-corrected chi connectivity index (χ4v) is 5.92. The fourth-order valence-electron chi connectivity index (χ4n) is 5.60. The Labute approximate surface area is 207 Å². The number of halogens is 2. The van der Waals surface area contributed by atoms with Gasteiger partial charge in [0.2, 0.25) is 0 Å². The molecule has 0 saturated heterocycles. The molecule has 172 valence electrons. The number of para-hydroxylation sites is 1. The topological polar surface area (TPSA) is 48.3 Å². The number of allylic oxidation sites excluding steroid dienone is 4. The number of ketones is 2. The number of benzene rings is 2. The highest BCUT2D eigenvalue weighted by Crippen LogP contribution is 2.49. The van der Waals surface area contributed by atoms with Crippen LogP contribution in [0.2, 0.25) is 10.0 Å². The summed E-state index contributed by atoms with van der Waals surface area (Å²) in [6, 6.07) is 13.8. The van der Waals surface area contributed by atoms with Gasteiger partial charge in [-0.05, 0) is 42.2 Å². The Bertz CT molecular complexity index is 1390. The maximum Gasteiger partial charge on any atom is 0.163 e. The molecule has 0 atom stereocenters. The van der Waals surface area contributed by atoms with Crippen LogP contribution in [-0.2, 0) is 20.9 Å². The van der Waals surface area contributed by atoms with Gasteiger partial charge in [-0.25, -0.2) is 0 Å². The third-order valence-electron chi connectivity index (χ3n) is 7.11. The fraction of sp³-hybridized carbons (Fsp3) is 0.286. The number of carbonyl (C=O) groups is 2. The second-order valence-corrected chi connectivity index (χ2v) is 10.1. The van der Waals surface area contributed by atoms with Gasteiger partial charge in [0.15, 0.2) is 11.6 Å². The van der Waals surface area contributed by atoms with Gasteiger partial charge in [0.1, 0.15) is 11.5 Å². The van der Waals surface area contributed by atoms with Crippen molar-refractivity contribution in [1.82, 2.24) is 4.57 Å². The van der Waals surface area contributed by atoms with Crippen molar-refractivity contribution in [3.63, 3.8) is 0 Å². The maximum atomic E-state index is 13.2. The van der Waals surface area contributed by atoms with Crippen molar-refractivity contribution in [2.75, 3.05) is 0 Å². The molecule has 2 aliphatic carbocycles. The summed E-state index contributed by atoms with van der Waals surface area (Å²) >= 11 is 12.4. The summed E-state index contributed by atoms with van der Waals surface area (Å²) in [7, 11) is 0. The van der Waals surface area contributed by atoms with Gasteiger partial charge >= 0.3 is 0 Å². The minimum atomic E-state index is -0.376. The number of ether oxygens (including phenoxy) is 1. The van der Waals surface area contributed by atoms with Crippen molar-refractivity contribution in [3.05, 3.63) is 92.5 Å². The van der Waals surface area contributed by atoms with Crippen molar-refractivity contribution in [3.8, 4) is 0 Å². The first-order valence-electron chi connectivity index (χ1n) is 11.7. The molecule has 0 spiro atoms. The first-order chi connectivity index (χ1) is 16.5. The maximum absolute atomic E-state index is 13.2. The second-order valence-electron chi connectivity index (χ2n) is 9.24. The van der Waals surface area contributed by atoms with Crippen LogP contribution < -0.4 is 0 Å². The highest BCUT2D eigenvalue weighted by Gasteiger charge is 2.42. The highest BCUT2D eigenvalue weighted by molar-refractivity contribution is 6.42. The van der Waals surface area contributed by atoms with E-state index in [2.05, 4.69) is 22.9 Å². The number of hydrogen-bond donors (Lipinski definition) is 0. The summed E-state index contributed by atoms with van der Waals surface area (Å²) in [4.78, 5) is 26.4. The molecule has 0 amide bonds. The van der Waals surface area contributed by atoms with Crippen LogP contribution in [0.4, 0.5) is 0 Å². The predicted molar refractivity (Wildman–Crippen MR) is 133 cm³/mol. The summed E-state index contributed by atoms with van der Waals surface area (Å²) in [5.74, 6) is 1.33. The van der Waals surface area contributed by atoms with Crippen LogP contribution in [0.1, 0.15) is 55.6 Å². The van der Waals surface area contributed by atoms with Crippen LogP contribution in [0.15, 0.2) is 71.3 Å². The summed E-state index contributed by atoms with van der Waals surface area (Å²) in [6.07, 6.45) is 6.16. The predicted octanol–water partition coefficient (Wildman–Crippen LogP) is 7.12. The summed E-state index contributed by atoms with van der Waals surface area (Å²) in [6.45, 7) is 0.598. The van der Waals surface area contributed by atoms with Gasteiger partial charge in [-0.3, -0.25) is 9.59 Å². The van der Waals surface area contributed by atoms with Gasteiger partial charge in [0.25, 0.3) is 0 Å². The van der Waals surface area contributed by atoms with Crippen molar-refractivity contribution in [1.29, 1.82) is 0 Å². The summed E-state index contributed by atoms with van der Waals surface area (Å²) in [5, 5.41) is 2.09. The standard InChI is InChI=1S/C28H23Cl2NO3/c29-19-12-11-16(13-20(19)30)14-31-15-18(17-5-1-2-6-21(17)31)26-27-22(32)7-3-9-24(27)34-25-10-4-8-23(33)28(25)26/h1-2,5-6,11-13,15,26H,3-4,7-10,14H2. The van der Waals surface area contributed by atoms with Gasteiger partial charge < -0.3 is 9.30 Å². The van der Waals surface area contributed by atoms with E-state index in [1.54, 1.807) is 6.07 Å². The van der Waals surface area contributed by atoms with E-state index in [-0.39, 0.29) is 17.5 Å². The molecule has 0 radical (unpaired) electrons. The molecule has 0 unspecified atom stereocenters. The largest absolute Gasteiger partial charge is 0.465 e. The highest BCUT2D eigenvalue weighted by atomic mass is 35.5. The summed E-state index contributed by atoms with van der Waals surface area (Å²) in [5.41, 5.74) is 4.42. The number of Topliss-reactive ketones (excluding diaryl/α,β-unsaturated/α-hetero) is 2. The monoisotopic (exact) mass is 491 g/mol. The molecule has 6 rings (SSSR count). The number of hydrogen-bond acceptors (Lipinski definition) is 3. The van der Waals surface area contributed by atoms with E-state index >= 15 is 0 Å². The molecule has 1 aliphatic heterocycles. The van der Waals surface area contributed by atoms with E-state index in [1.807, 2.05) is 24.3 Å². The van der Waals surface area contributed by atoms with Gasteiger partial charge in [-0.1, -0.05) is 47.5 Å². The normalized spacial score (nSPS) is 18.9.